The molecule has 22 heavy (non-hydrogen) atoms. The molecule has 1 aliphatic rings. The van der Waals surface area contributed by atoms with Gasteiger partial charge in [-0.25, -0.2) is 9.97 Å². The zero-order valence-corrected chi connectivity index (χ0v) is 12.5. The second-order valence-electron chi connectivity index (χ2n) is 5.61. The third-order valence-electron chi connectivity index (χ3n) is 4.02. The number of aryl methyl sites for hydroxylation is 1. The minimum absolute atomic E-state index is 0.199. The monoisotopic (exact) mass is 298 g/mol. The van der Waals surface area contributed by atoms with Crippen LogP contribution in [0.4, 0.5) is 0 Å². The van der Waals surface area contributed by atoms with Crippen molar-refractivity contribution in [2.75, 3.05) is 13.1 Å². The normalized spacial score (nSPS) is 18.2. The second-order valence-corrected chi connectivity index (χ2v) is 5.61. The average Bonchev–Trinajstić information content (AvgIpc) is 2.55. The highest BCUT2D eigenvalue weighted by Crippen LogP contribution is 2.25. The summed E-state index contributed by atoms with van der Waals surface area (Å²) in [5.74, 6) is -0.00904. The summed E-state index contributed by atoms with van der Waals surface area (Å²) in [5.41, 5.74) is 1.58. The Bertz CT molecular complexity index is 726. The van der Waals surface area contributed by atoms with Gasteiger partial charge in [0.2, 0.25) is 0 Å². The molecule has 3 heterocycles. The summed E-state index contributed by atoms with van der Waals surface area (Å²) in [6, 6.07) is 5.24. The SMILES string of the molecule is Cc1ccc(C(=O)N2CCC[C@H](c3ccncn3)C2)c(=O)[nH]1. The van der Waals surface area contributed by atoms with Crippen LogP contribution in [0.1, 0.15) is 40.5 Å². The van der Waals surface area contributed by atoms with Crippen LogP contribution in [0.15, 0.2) is 35.5 Å². The van der Waals surface area contributed by atoms with E-state index in [-0.39, 0.29) is 22.9 Å². The smallest absolute Gasteiger partial charge is 0.260 e. The molecule has 2 aromatic rings. The van der Waals surface area contributed by atoms with E-state index in [0.717, 1.165) is 24.2 Å². The lowest BCUT2D eigenvalue weighted by atomic mass is 9.94. The van der Waals surface area contributed by atoms with Crippen molar-refractivity contribution in [3.05, 3.63) is 58.0 Å². The van der Waals surface area contributed by atoms with Gasteiger partial charge in [0, 0.05) is 36.6 Å². The van der Waals surface area contributed by atoms with Gasteiger partial charge in [0.25, 0.3) is 11.5 Å². The molecule has 0 unspecified atom stereocenters. The van der Waals surface area contributed by atoms with Crippen LogP contribution in [-0.2, 0) is 0 Å². The van der Waals surface area contributed by atoms with Crippen molar-refractivity contribution in [2.24, 2.45) is 0 Å². The molecule has 1 aliphatic heterocycles. The fourth-order valence-electron chi connectivity index (χ4n) is 2.86. The summed E-state index contributed by atoms with van der Waals surface area (Å²) >= 11 is 0. The fourth-order valence-corrected chi connectivity index (χ4v) is 2.86. The molecular formula is C16H18N4O2. The van der Waals surface area contributed by atoms with Crippen molar-refractivity contribution in [1.82, 2.24) is 19.9 Å². The van der Waals surface area contributed by atoms with Gasteiger partial charge in [-0.1, -0.05) is 0 Å². The van der Waals surface area contributed by atoms with Crippen molar-refractivity contribution in [2.45, 2.75) is 25.7 Å². The van der Waals surface area contributed by atoms with Crippen LogP contribution in [0.2, 0.25) is 0 Å². The summed E-state index contributed by atoms with van der Waals surface area (Å²) in [6.45, 7) is 3.05. The molecule has 6 nitrogen and oxygen atoms in total. The van der Waals surface area contributed by atoms with E-state index in [0.29, 0.717) is 13.1 Å². The van der Waals surface area contributed by atoms with Crippen LogP contribution in [0.5, 0.6) is 0 Å². The molecule has 2 aromatic heterocycles. The van der Waals surface area contributed by atoms with E-state index in [1.807, 2.05) is 6.07 Å². The molecule has 1 N–H and O–H groups in total. The van der Waals surface area contributed by atoms with E-state index in [1.165, 1.54) is 6.33 Å². The maximum Gasteiger partial charge on any atom is 0.260 e. The Morgan fingerprint density at radius 1 is 1.36 bits per heavy atom. The number of rotatable bonds is 2. The summed E-state index contributed by atoms with van der Waals surface area (Å²) in [5, 5.41) is 0. The molecule has 0 spiro atoms. The number of nitrogens with zero attached hydrogens (tertiary/aromatic N) is 3. The highest BCUT2D eigenvalue weighted by Gasteiger charge is 2.27. The van der Waals surface area contributed by atoms with Crippen LogP contribution >= 0.6 is 0 Å². The van der Waals surface area contributed by atoms with Gasteiger partial charge in [0.05, 0.1) is 0 Å². The standard InChI is InChI=1S/C16H18N4O2/c1-11-4-5-13(15(21)19-11)16(22)20-8-2-3-12(9-20)14-6-7-17-10-18-14/h4-7,10,12H,2-3,8-9H2,1H3,(H,19,21)/t12-/m0/s1. The van der Waals surface area contributed by atoms with Gasteiger partial charge in [-0.05, 0) is 38.0 Å². The number of aromatic amines is 1. The van der Waals surface area contributed by atoms with Crippen molar-refractivity contribution in [3.63, 3.8) is 0 Å². The maximum atomic E-state index is 12.6. The van der Waals surface area contributed by atoms with Gasteiger partial charge in [0.15, 0.2) is 0 Å². The van der Waals surface area contributed by atoms with E-state index < -0.39 is 0 Å². The number of nitrogens with one attached hydrogen (secondary N) is 1. The maximum absolute atomic E-state index is 12.6. The van der Waals surface area contributed by atoms with Gasteiger partial charge < -0.3 is 9.88 Å². The number of carbonyl (C=O) groups excluding carboxylic acids is 1. The molecule has 3 rings (SSSR count). The van der Waals surface area contributed by atoms with Gasteiger partial charge in [0.1, 0.15) is 11.9 Å². The van der Waals surface area contributed by atoms with Crippen molar-refractivity contribution in [1.29, 1.82) is 0 Å². The summed E-state index contributed by atoms with van der Waals surface area (Å²) in [4.78, 5) is 37.2. The van der Waals surface area contributed by atoms with Crippen LogP contribution < -0.4 is 5.56 Å². The molecule has 1 saturated heterocycles. The second kappa shape index (κ2) is 6.09. The third kappa shape index (κ3) is 2.90. The molecule has 6 heteroatoms. The van der Waals surface area contributed by atoms with Gasteiger partial charge in [-0.2, -0.15) is 0 Å². The minimum atomic E-state index is -0.325. The Labute approximate surface area is 128 Å². The van der Waals surface area contributed by atoms with Crippen LogP contribution in [0, 0.1) is 6.92 Å². The van der Waals surface area contributed by atoms with E-state index in [4.69, 9.17) is 0 Å². The van der Waals surface area contributed by atoms with Crippen molar-refractivity contribution in [3.8, 4) is 0 Å². The number of aromatic nitrogens is 3. The number of pyridine rings is 1. The van der Waals surface area contributed by atoms with Crippen LogP contribution in [0.25, 0.3) is 0 Å². The minimum Gasteiger partial charge on any atom is -0.338 e. The molecular weight excluding hydrogens is 280 g/mol. The lowest BCUT2D eigenvalue weighted by molar-refractivity contribution is 0.0704. The number of piperidine rings is 1. The summed E-state index contributed by atoms with van der Waals surface area (Å²) in [6.07, 6.45) is 5.14. The van der Waals surface area contributed by atoms with E-state index in [9.17, 15) is 9.59 Å². The Hall–Kier alpha value is -2.50. The number of H-pyrrole nitrogens is 1. The predicted octanol–water partition coefficient (Wildman–Crippen LogP) is 1.49. The average molecular weight is 298 g/mol. The van der Waals surface area contributed by atoms with Gasteiger partial charge in [-0.15, -0.1) is 0 Å². The first-order valence-electron chi connectivity index (χ1n) is 7.40. The highest BCUT2D eigenvalue weighted by atomic mass is 16.2. The largest absolute Gasteiger partial charge is 0.338 e. The molecule has 0 aliphatic carbocycles. The van der Waals surface area contributed by atoms with Crippen molar-refractivity contribution >= 4 is 5.91 Å². The van der Waals surface area contributed by atoms with E-state index in [1.54, 1.807) is 30.2 Å². The first-order chi connectivity index (χ1) is 10.6. The van der Waals surface area contributed by atoms with Crippen LogP contribution in [0.3, 0.4) is 0 Å². The third-order valence-corrected chi connectivity index (χ3v) is 4.02. The molecule has 1 fully saturated rings. The number of hydrogen-bond acceptors (Lipinski definition) is 4. The van der Waals surface area contributed by atoms with Crippen LogP contribution in [-0.4, -0.2) is 38.8 Å². The Kier molecular flexibility index (Phi) is 4.00. The summed E-state index contributed by atoms with van der Waals surface area (Å²) in [7, 11) is 0. The highest BCUT2D eigenvalue weighted by molar-refractivity contribution is 5.93. The Morgan fingerprint density at radius 3 is 2.95 bits per heavy atom. The van der Waals surface area contributed by atoms with E-state index in [2.05, 4.69) is 15.0 Å². The zero-order chi connectivity index (χ0) is 15.5. The molecule has 114 valence electrons. The lowest BCUT2D eigenvalue weighted by Crippen LogP contribution is -2.41. The molecule has 1 atom stereocenters. The summed E-state index contributed by atoms with van der Waals surface area (Å²) < 4.78 is 0. The predicted molar refractivity (Wildman–Crippen MR) is 81.7 cm³/mol. The number of amides is 1. The number of hydrogen-bond donors (Lipinski definition) is 1. The molecule has 0 aromatic carbocycles. The van der Waals surface area contributed by atoms with Gasteiger partial charge >= 0.3 is 0 Å². The molecule has 0 saturated carbocycles. The topological polar surface area (TPSA) is 79.0 Å². The lowest BCUT2D eigenvalue weighted by Gasteiger charge is -2.32. The van der Waals surface area contributed by atoms with E-state index >= 15 is 0 Å². The fraction of sp³-hybridized carbons (Fsp3) is 0.375. The quantitative estimate of drug-likeness (QED) is 0.911. The first-order valence-corrected chi connectivity index (χ1v) is 7.40. The number of likely N-dealkylation sites (tertiary alicyclic amines) is 1. The molecule has 0 bridgehead atoms. The Morgan fingerprint density at radius 2 is 2.23 bits per heavy atom. The first kappa shape index (κ1) is 14.4. The van der Waals surface area contributed by atoms with Gasteiger partial charge in [-0.3, -0.25) is 9.59 Å². The Balaban J connectivity index is 1.80. The molecule has 0 radical (unpaired) electrons. The van der Waals surface area contributed by atoms with Crippen molar-refractivity contribution < 1.29 is 4.79 Å². The number of carbonyl (C=O) groups is 1. The molecule has 1 amide bonds. The zero-order valence-electron chi connectivity index (χ0n) is 12.5.